The Morgan fingerprint density at radius 1 is 1.00 bits per heavy atom. The van der Waals surface area contributed by atoms with Crippen molar-refractivity contribution in [2.75, 3.05) is 0 Å². The van der Waals surface area contributed by atoms with Crippen molar-refractivity contribution >= 4 is 23.5 Å². The largest absolute Gasteiger partial charge is 0.494 e. The van der Waals surface area contributed by atoms with Gasteiger partial charge in [0.25, 0.3) is 5.56 Å². The van der Waals surface area contributed by atoms with Crippen LogP contribution in [-0.2, 0) is 4.79 Å². The number of allylic oxidation sites excluding steroid dienone is 2. The van der Waals surface area contributed by atoms with Crippen molar-refractivity contribution in [1.82, 2.24) is 9.55 Å². The quantitative estimate of drug-likeness (QED) is 0.663. The molecular weight excluding hydrogens is 368 g/mol. The molecule has 6 nitrogen and oxygen atoms in total. The van der Waals surface area contributed by atoms with Crippen LogP contribution in [0.4, 0.5) is 0 Å². The number of hydrogen-bond acceptors (Lipinski definition) is 4. The molecule has 0 radical (unpaired) electrons. The third-order valence-electron chi connectivity index (χ3n) is 4.95. The molecular formula is C23H18N2O4. The topological polar surface area (TPSA) is 92.2 Å². The first-order valence-corrected chi connectivity index (χ1v) is 9.06. The molecule has 0 saturated carbocycles. The molecule has 1 aliphatic rings. The van der Waals surface area contributed by atoms with E-state index < -0.39 is 17.1 Å². The number of aromatic amines is 1. The maximum atomic E-state index is 12.5. The molecule has 29 heavy (non-hydrogen) atoms. The van der Waals surface area contributed by atoms with Gasteiger partial charge < -0.3 is 5.11 Å². The molecule has 0 unspecified atom stereocenters. The van der Waals surface area contributed by atoms with Crippen LogP contribution in [-0.4, -0.2) is 20.4 Å². The maximum Gasteiger partial charge on any atom is 0.335 e. The molecule has 0 amide bonds. The molecule has 144 valence electrons. The van der Waals surface area contributed by atoms with Gasteiger partial charge in [-0.15, -0.1) is 0 Å². The van der Waals surface area contributed by atoms with E-state index in [4.69, 9.17) is 0 Å². The van der Waals surface area contributed by atoms with Crippen LogP contribution in [0, 0.1) is 13.8 Å². The van der Waals surface area contributed by atoms with E-state index in [2.05, 4.69) is 4.98 Å². The molecule has 6 heteroatoms. The molecule has 4 rings (SSSR count). The Hall–Kier alpha value is -3.93. The highest BCUT2D eigenvalue weighted by Crippen LogP contribution is 2.30. The second-order valence-corrected chi connectivity index (χ2v) is 6.96. The van der Waals surface area contributed by atoms with Gasteiger partial charge in [0.15, 0.2) is 5.78 Å². The minimum absolute atomic E-state index is 0.154. The molecule has 0 saturated heterocycles. The number of aryl methyl sites for hydroxylation is 2. The van der Waals surface area contributed by atoms with Crippen LogP contribution < -0.4 is 11.2 Å². The fourth-order valence-electron chi connectivity index (χ4n) is 3.42. The SMILES string of the molecule is Cc1ccc(C)c(-n2c(O)c(C=C3C(=O)C=Cc4ccccc43)c(=O)[nH]c2=O)c1. The van der Waals surface area contributed by atoms with Gasteiger partial charge in [0, 0.05) is 5.57 Å². The molecule has 0 bridgehead atoms. The molecule has 0 aliphatic heterocycles. The molecule has 2 N–H and O–H groups in total. The van der Waals surface area contributed by atoms with Crippen LogP contribution >= 0.6 is 0 Å². The molecule has 2 aromatic carbocycles. The van der Waals surface area contributed by atoms with Crippen LogP contribution in [0.2, 0.25) is 0 Å². The lowest BCUT2D eigenvalue weighted by Crippen LogP contribution is -2.31. The van der Waals surface area contributed by atoms with Gasteiger partial charge in [0.05, 0.1) is 5.69 Å². The summed E-state index contributed by atoms with van der Waals surface area (Å²) in [6, 6.07) is 12.7. The fourth-order valence-corrected chi connectivity index (χ4v) is 3.42. The Morgan fingerprint density at radius 3 is 2.55 bits per heavy atom. The predicted octanol–water partition coefficient (Wildman–Crippen LogP) is 2.98. The van der Waals surface area contributed by atoms with Gasteiger partial charge in [-0.1, -0.05) is 42.5 Å². The molecule has 3 aromatic rings. The maximum absolute atomic E-state index is 12.5. The zero-order valence-electron chi connectivity index (χ0n) is 15.9. The van der Waals surface area contributed by atoms with E-state index in [1.807, 2.05) is 31.2 Å². The third kappa shape index (κ3) is 3.14. The smallest absolute Gasteiger partial charge is 0.335 e. The van der Waals surface area contributed by atoms with E-state index in [0.29, 0.717) is 11.3 Å². The average Bonchev–Trinajstić information content (AvgIpc) is 2.69. The van der Waals surface area contributed by atoms with Crippen LogP contribution in [0.25, 0.3) is 23.4 Å². The van der Waals surface area contributed by atoms with Crippen LogP contribution in [0.3, 0.4) is 0 Å². The van der Waals surface area contributed by atoms with Crippen molar-refractivity contribution in [2.45, 2.75) is 13.8 Å². The second-order valence-electron chi connectivity index (χ2n) is 6.96. The van der Waals surface area contributed by atoms with E-state index in [1.54, 1.807) is 31.2 Å². The summed E-state index contributed by atoms with van der Waals surface area (Å²) in [4.78, 5) is 39.7. The summed E-state index contributed by atoms with van der Waals surface area (Å²) >= 11 is 0. The number of hydrogen-bond donors (Lipinski definition) is 2. The second kappa shape index (κ2) is 6.91. The van der Waals surface area contributed by atoms with Gasteiger partial charge in [-0.25, -0.2) is 9.36 Å². The predicted molar refractivity (Wildman–Crippen MR) is 112 cm³/mol. The lowest BCUT2D eigenvalue weighted by atomic mass is 9.90. The summed E-state index contributed by atoms with van der Waals surface area (Å²) in [5.74, 6) is -0.799. The molecule has 0 atom stereocenters. The highest BCUT2D eigenvalue weighted by molar-refractivity contribution is 6.33. The van der Waals surface area contributed by atoms with Gasteiger partial charge in [-0.2, -0.15) is 0 Å². The van der Waals surface area contributed by atoms with Gasteiger partial charge in [0.2, 0.25) is 5.88 Å². The normalized spacial score (nSPS) is 14.3. The number of aromatic hydroxyl groups is 1. The number of carbonyl (C=O) groups excluding carboxylic acids is 1. The van der Waals surface area contributed by atoms with Gasteiger partial charge in [-0.3, -0.25) is 14.6 Å². The van der Waals surface area contributed by atoms with E-state index in [0.717, 1.165) is 21.3 Å². The Morgan fingerprint density at radius 2 is 1.76 bits per heavy atom. The highest BCUT2D eigenvalue weighted by atomic mass is 16.3. The fraction of sp³-hybridized carbons (Fsp3) is 0.0870. The number of nitrogens with zero attached hydrogens (tertiary/aromatic N) is 1. The zero-order valence-corrected chi connectivity index (χ0v) is 15.9. The third-order valence-corrected chi connectivity index (χ3v) is 4.95. The van der Waals surface area contributed by atoms with Crippen molar-refractivity contribution in [3.05, 3.63) is 97.2 Å². The number of nitrogens with one attached hydrogen (secondary N) is 1. The van der Waals surface area contributed by atoms with Crippen LogP contribution in [0.5, 0.6) is 5.88 Å². The lowest BCUT2D eigenvalue weighted by Gasteiger charge is -2.15. The number of H-pyrrole nitrogens is 1. The summed E-state index contributed by atoms with van der Waals surface area (Å²) in [5.41, 5.74) is 2.19. The molecule has 0 spiro atoms. The molecule has 0 fully saturated rings. The Bertz CT molecular complexity index is 1340. The number of aromatic nitrogens is 2. The van der Waals surface area contributed by atoms with Gasteiger partial charge in [0.1, 0.15) is 5.56 Å². The van der Waals surface area contributed by atoms with Gasteiger partial charge >= 0.3 is 5.69 Å². The Labute approximate surface area is 166 Å². The summed E-state index contributed by atoms with van der Waals surface area (Å²) in [5, 5.41) is 10.9. The summed E-state index contributed by atoms with van der Waals surface area (Å²) < 4.78 is 1.05. The minimum Gasteiger partial charge on any atom is -0.494 e. The van der Waals surface area contributed by atoms with Crippen molar-refractivity contribution in [1.29, 1.82) is 0 Å². The highest BCUT2D eigenvalue weighted by Gasteiger charge is 2.21. The standard InChI is InChI=1S/C23H18N2O4/c1-13-7-8-14(2)19(11-13)25-22(28)18(21(27)24-23(25)29)12-17-16-6-4-3-5-15(16)9-10-20(17)26/h3-12,28H,1-2H3,(H,24,27,29). The minimum atomic E-state index is -0.763. The van der Waals surface area contributed by atoms with Crippen molar-refractivity contribution in [3.8, 4) is 11.6 Å². The first-order valence-electron chi connectivity index (χ1n) is 9.06. The van der Waals surface area contributed by atoms with Gasteiger partial charge in [-0.05, 0) is 54.3 Å². The van der Waals surface area contributed by atoms with Crippen molar-refractivity contribution in [3.63, 3.8) is 0 Å². The summed E-state index contributed by atoms with van der Waals surface area (Å²) in [7, 11) is 0. The number of fused-ring (bicyclic) bond motifs is 1. The van der Waals surface area contributed by atoms with E-state index >= 15 is 0 Å². The summed E-state index contributed by atoms with van der Waals surface area (Å²) in [6.45, 7) is 3.67. The number of rotatable bonds is 2. The van der Waals surface area contributed by atoms with E-state index in [9.17, 15) is 19.5 Å². The first kappa shape index (κ1) is 18.4. The Kier molecular flexibility index (Phi) is 4.39. The average molecular weight is 386 g/mol. The van der Waals surface area contributed by atoms with E-state index in [-0.39, 0.29) is 16.9 Å². The molecule has 1 heterocycles. The molecule has 1 aromatic heterocycles. The van der Waals surface area contributed by atoms with Crippen molar-refractivity contribution < 1.29 is 9.90 Å². The summed E-state index contributed by atoms with van der Waals surface area (Å²) in [6.07, 6.45) is 4.45. The lowest BCUT2D eigenvalue weighted by molar-refractivity contribution is -0.109. The van der Waals surface area contributed by atoms with Crippen molar-refractivity contribution in [2.24, 2.45) is 0 Å². The van der Waals surface area contributed by atoms with Crippen LogP contribution in [0.1, 0.15) is 27.8 Å². The number of carbonyl (C=O) groups is 1. The molecule has 1 aliphatic carbocycles. The monoisotopic (exact) mass is 386 g/mol. The number of ketones is 1. The number of benzene rings is 2. The van der Waals surface area contributed by atoms with Crippen LogP contribution in [0.15, 0.2) is 58.1 Å². The Balaban J connectivity index is 1.99. The first-order chi connectivity index (χ1) is 13.9. The van der Waals surface area contributed by atoms with E-state index in [1.165, 1.54) is 12.2 Å². The zero-order chi connectivity index (χ0) is 20.7.